The van der Waals surface area contributed by atoms with Gasteiger partial charge in [0.25, 0.3) is 5.91 Å². The summed E-state index contributed by atoms with van der Waals surface area (Å²) in [6, 6.07) is 15.9. The highest BCUT2D eigenvalue weighted by Crippen LogP contribution is 2.37. The molecule has 0 unspecified atom stereocenters. The topological polar surface area (TPSA) is 98.5 Å². The van der Waals surface area contributed by atoms with Crippen molar-refractivity contribution in [3.8, 4) is 5.75 Å². The number of ether oxygens (including phenoxy) is 1. The minimum Gasteiger partial charge on any atom is -0.496 e. The molecule has 12 heteroatoms. The van der Waals surface area contributed by atoms with Crippen molar-refractivity contribution in [2.45, 2.75) is 45.4 Å². The number of carbonyl (C=O) groups excluding carboxylic acids is 1. The molecule has 0 saturated carbocycles. The number of benzene rings is 3. The van der Waals surface area contributed by atoms with Gasteiger partial charge in [-0.1, -0.05) is 12.1 Å². The van der Waals surface area contributed by atoms with Crippen LogP contribution < -0.4 is 19.4 Å². The quantitative estimate of drug-likeness (QED) is 0.256. The lowest BCUT2D eigenvalue weighted by molar-refractivity contribution is 0.00578. The number of anilines is 2. The minimum atomic E-state index is -3.75. The van der Waals surface area contributed by atoms with Crippen molar-refractivity contribution in [2.75, 3.05) is 29.6 Å². The van der Waals surface area contributed by atoms with Crippen molar-refractivity contribution in [2.24, 2.45) is 0 Å². The maximum Gasteiger partial charge on any atom is 0.494 e. The van der Waals surface area contributed by atoms with E-state index in [4.69, 9.17) is 18.5 Å². The Labute approximate surface area is 251 Å². The van der Waals surface area contributed by atoms with Crippen molar-refractivity contribution in [3.05, 3.63) is 83.9 Å². The molecule has 1 fully saturated rings. The lowest BCUT2D eigenvalue weighted by Crippen LogP contribution is -2.41. The van der Waals surface area contributed by atoms with E-state index in [1.165, 1.54) is 46.8 Å². The molecule has 0 aliphatic carbocycles. The minimum absolute atomic E-state index is 0.0169. The standard InChI is InChI=1S/C31H34BFN2O7S/c1-30(2)31(3,4)42-32(41-30)21-9-8-20(27(16-21)39-6)18-35(43(7,37)38)24-14-15-25-26(19-40-28(25)17-24)29(36)34(5)23-12-10-22(33)11-13-23/h8-17,19H,18H2,1-7H3. The summed E-state index contributed by atoms with van der Waals surface area (Å²) in [4.78, 5) is 14.6. The van der Waals surface area contributed by atoms with E-state index in [2.05, 4.69) is 0 Å². The largest absolute Gasteiger partial charge is 0.496 e. The Balaban J connectivity index is 1.43. The maximum atomic E-state index is 13.3. The summed E-state index contributed by atoms with van der Waals surface area (Å²) in [7, 11) is -1.24. The summed E-state index contributed by atoms with van der Waals surface area (Å²) in [6.45, 7) is 7.88. The number of amides is 1. The number of carbonyl (C=O) groups is 1. The van der Waals surface area contributed by atoms with Gasteiger partial charge in [-0.05, 0) is 75.6 Å². The highest BCUT2D eigenvalue weighted by atomic mass is 32.2. The molecule has 43 heavy (non-hydrogen) atoms. The number of nitrogens with zero attached hydrogens (tertiary/aromatic N) is 2. The zero-order chi connectivity index (χ0) is 31.3. The lowest BCUT2D eigenvalue weighted by atomic mass is 9.78. The van der Waals surface area contributed by atoms with Crippen LogP contribution in [0.5, 0.6) is 5.75 Å². The number of methoxy groups -OCH3 is 1. The third kappa shape index (κ3) is 5.87. The second-order valence-electron chi connectivity index (χ2n) is 11.6. The van der Waals surface area contributed by atoms with Gasteiger partial charge >= 0.3 is 7.12 Å². The average Bonchev–Trinajstić information content (AvgIpc) is 3.46. The number of hydrogen-bond acceptors (Lipinski definition) is 7. The third-order valence-corrected chi connectivity index (χ3v) is 9.29. The fourth-order valence-corrected chi connectivity index (χ4v) is 5.74. The van der Waals surface area contributed by atoms with E-state index in [9.17, 15) is 17.6 Å². The highest BCUT2D eigenvalue weighted by molar-refractivity contribution is 7.92. The molecule has 5 rings (SSSR count). The van der Waals surface area contributed by atoms with Gasteiger partial charge in [0.15, 0.2) is 0 Å². The van der Waals surface area contributed by atoms with Gasteiger partial charge in [0.2, 0.25) is 10.0 Å². The van der Waals surface area contributed by atoms with Crippen LogP contribution in [0.4, 0.5) is 15.8 Å². The van der Waals surface area contributed by atoms with E-state index in [-0.39, 0.29) is 12.5 Å². The number of hydrogen-bond donors (Lipinski definition) is 0. The van der Waals surface area contributed by atoms with Gasteiger partial charge in [-0.3, -0.25) is 9.10 Å². The molecular weight excluding hydrogens is 574 g/mol. The molecule has 1 saturated heterocycles. The van der Waals surface area contributed by atoms with Gasteiger partial charge in [0, 0.05) is 29.8 Å². The first-order valence-electron chi connectivity index (χ1n) is 13.7. The normalized spacial score (nSPS) is 16.0. The first-order valence-corrected chi connectivity index (χ1v) is 15.5. The first-order chi connectivity index (χ1) is 20.1. The van der Waals surface area contributed by atoms with Crippen LogP contribution >= 0.6 is 0 Å². The Morgan fingerprint density at radius 3 is 2.19 bits per heavy atom. The molecule has 0 spiro atoms. The molecule has 1 aliphatic rings. The summed E-state index contributed by atoms with van der Waals surface area (Å²) < 4.78 is 64.3. The Morgan fingerprint density at radius 2 is 1.58 bits per heavy atom. The Bertz CT molecular complexity index is 1770. The predicted octanol–water partition coefficient (Wildman–Crippen LogP) is 5.12. The molecule has 1 aromatic heterocycles. The molecule has 1 aliphatic heterocycles. The van der Waals surface area contributed by atoms with Crippen LogP contribution in [0.1, 0.15) is 43.6 Å². The highest BCUT2D eigenvalue weighted by Gasteiger charge is 2.51. The summed E-state index contributed by atoms with van der Waals surface area (Å²) in [6.07, 6.45) is 2.45. The Hall–Kier alpha value is -3.87. The summed E-state index contributed by atoms with van der Waals surface area (Å²) in [5.41, 5.74) is 1.86. The summed E-state index contributed by atoms with van der Waals surface area (Å²) in [5.74, 6) is -0.277. The van der Waals surface area contributed by atoms with E-state index in [1.54, 1.807) is 37.4 Å². The molecule has 0 atom stereocenters. The number of rotatable bonds is 8. The van der Waals surface area contributed by atoms with Gasteiger partial charge in [0.05, 0.1) is 42.4 Å². The second-order valence-corrected chi connectivity index (χ2v) is 13.5. The fourth-order valence-electron chi connectivity index (χ4n) is 4.87. The van der Waals surface area contributed by atoms with Gasteiger partial charge in [-0.2, -0.15) is 0 Å². The van der Waals surface area contributed by atoms with E-state index >= 15 is 0 Å². The SMILES string of the molecule is COc1cc(B2OC(C)(C)C(C)(C)O2)ccc1CN(c1ccc2c(C(=O)N(C)c3ccc(F)cc3)coc2c1)S(C)(=O)=O. The van der Waals surface area contributed by atoms with Crippen LogP contribution in [-0.4, -0.2) is 53.1 Å². The molecule has 3 aromatic carbocycles. The second kappa shape index (κ2) is 11.0. The van der Waals surface area contributed by atoms with Crippen molar-refractivity contribution in [1.29, 1.82) is 0 Å². The average molecular weight is 608 g/mol. The van der Waals surface area contributed by atoms with Gasteiger partial charge in [0.1, 0.15) is 23.4 Å². The monoisotopic (exact) mass is 608 g/mol. The smallest absolute Gasteiger partial charge is 0.494 e. The molecule has 226 valence electrons. The van der Waals surface area contributed by atoms with E-state index in [1.807, 2.05) is 33.8 Å². The van der Waals surface area contributed by atoms with Gasteiger partial charge < -0.3 is 23.4 Å². The summed E-state index contributed by atoms with van der Waals surface area (Å²) in [5, 5.41) is 0.514. The number of halogens is 1. The van der Waals surface area contributed by atoms with Crippen molar-refractivity contribution < 1.29 is 36.1 Å². The Kier molecular flexibility index (Phi) is 7.83. The lowest BCUT2D eigenvalue weighted by Gasteiger charge is -2.32. The molecule has 1 amide bonds. The van der Waals surface area contributed by atoms with Gasteiger partial charge in [-0.15, -0.1) is 0 Å². The maximum absolute atomic E-state index is 13.3. The van der Waals surface area contributed by atoms with Crippen LogP contribution in [-0.2, 0) is 25.9 Å². The molecule has 2 heterocycles. The number of sulfonamides is 1. The molecule has 0 bridgehead atoms. The van der Waals surface area contributed by atoms with Crippen LogP contribution in [0.15, 0.2) is 71.3 Å². The zero-order valence-electron chi connectivity index (χ0n) is 25.2. The van der Waals surface area contributed by atoms with Crippen molar-refractivity contribution >= 4 is 50.9 Å². The molecular formula is C31H34BFN2O7S. The molecule has 9 nitrogen and oxygen atoms in total. The fraction of sp³-hybridized carbons (Fsp3) is 0.323. The Morgan fingerprint density at radius 1 is 0.953 bits per heavy atom. The number of fused-ring (bicyclic) bond motifs is 1. The van der Waals surface area contributed by atoms with Crippen LogP contribution in [0, 0.1) is 5.82 Å². The van der Waals surface area contributed by atoms with E-state index < -0.39 is 34.2 Å². The molecule has 0 radical (unpaired) electrons. The van der Waals surface area contributed by atoms with E-state index in [0.717, 1.165) is 11.7 Å². The molecule has 4 aromatic rings. The summed E-state index contributed by atoms with van der Waals surface area (Å²) >= 11 is 0. The van der Waals surface area contributed by atoms with Crippen LogP contribution in [0.3, 0.4) is 0 Å². The molecule has 0 N–H and O–H groups in total. The number of furan rings is 1. The van der Waals surface area contributed by atoms with Crippen molar-refractivity contribution in [1.82, 2.24) is 0 Å². The van der Waals surface area contributed by atoms with Crippen molar-refractivity contribution in [3.63, 3.8) is 0 Å². The van der Waals surface area contributed by atoms with Crippen LogP contribution in [0.2, 0.25) is 0 Å². The van der Waals surface area contributed by atoms with E-state index in [0.29, 0.717) is 39.2 Å². The first kappa shape index (κ1) is 30.6. The zero-order valence-corrected chi connectivity index (χ0v) is 26.0. The van der Waals surface area contributed by atoms with Crippen LogP contribution in [0.25, 0.3) is 11.0 Å². The van der Waals surface area contributed by atoms with Gasteiger partial charge in [-0.25, -0.2) is 12.8 Å². The predicted molar refractivity (Wildman–Crippen MR) is 165 cm³/mol. The third-order valence-electron chi connectivity index (χ3n) is 8.15.